The highest BCUT2D eigenvalue weighted by Crippen LogP contribution is 2.32. The Labute approximate surface area is 141 Å². The molecule has 0 spiro atoms. The van der Waals surface area contributed by atoms with Gasteiger partial charge in [-0.2, -0.15) is 0 Å². The molecule has 2 aromatic rings. The van der Waals surface area contributed by atoms with Gasteiger partial charge in [0, 0.05) is 11.6 Å². The number of benzene rings is 2. The maximum Gasteiger partial charge on any atom is 0.292 e. The first-order valence-corrected chi connectivity index (χ1v) is 7.21. The average molecular weight is 345 g/mol. The molecule has 0 saturated heterocycles. The number of amides is 1. The molecule has 0 atom stereocenters. The SMILES string of the molecule is O=C(NC(=S)Nc1ccccc1[N+](=O)[O-])c1ccc2c(c1)OCO2. The summed E-state index contributed by atoms with van der Waals surface area (Å²) in [4.78, 5) is 22.6. The van der Waals surface area contributed by atoms with E-state index in [1.807, 2.05) is 0 Å². The van der Waals surface area contributed by atoms with Gasteiger partial charge in [0.1, 0.15) is 5.69 Å². The van der Waals surface area contributed by atoms with Gasteiger partial charge in [0.15, 0.2) is 16.6 Å². The number of nitrogens with zero attached hydrogens (tertiary/aromatic N) is 1. The largest absolute Gasteiger partial charge is 0.454 e. The lowest BCUT2D eigenvalue weighted by atomic mass is 10.2. The first-order chi connectivity index (χ1) is 11.5. The summed E-state index contributed by atoms with van der Waals surface area (Å²) in [5.41, 5.74) is 0.377. The second kappa shape index (κ2) is 6.50. The molecule has 0 fully saturated rings. The summed E-state index contributed by atoms with van der Waals surface area (Å²) in [6.45, 7) is 0.109. The number of nitro groups is 1. The third-order valence-corrected chi connectivity index (χ3v) is 3.41. The van der Waals surface area contributed by atoms with E-state index in [4.69, 9.17) is 21.7 Å². The summed E-state index contributed by atoms with van der Waals surface area (Å²) >= 11 is 5.04. The first-order valence-electron chi connectivity index (χ1n) is 6.80. The van der Waals surface area contributed by atoms with Gasteiger partial charge in [0.25, 0.3) is 11.6 Å². The minimum Gasteiger partial charge on any atom is -0.454 e. The molecule has 2 aromatic carbocycles. The van der Waals surface area contributed by atoms with Crippen LogP contribution in [0.4, 0.5) is 11.4 Å². The molecule has 0 aliphatic carbocycles. The van der Waals surface area contributed by atoms with Crippen LogP contribution < -0.4 is 20.1 Å². The van der Waals surface area contributed by atoms with E-state index >= 15 is 0 Å². The Morgan fingerprint density at radius 3 is 2.71 bits per heavy atom. The van der Waals surface area contributed by atoms with Crippen molar-refractivity contribution in [2.45, 2.75) is 0 Å². The van der Waals surface area contributed by atoms with E-state index in [-0.39, 0.29) is 23.3 Å². The molecule has 0 bridgehead atoms. The second-order valence-corrected chi connectivity index (χ2v) is 5.16. The Morgan fingerprint density at radius 1 is 1.17 bits per heavy atom. The Balaban J connectivity index is 1.69. The van der Waals surface area contributed by atoms with Crippen LogP contribution in [0.5, 0.6) is 11.5 Å². The van der Waals surface area contributed by atoms with Crippen molar-refractivity contribution in [3.8, 4) is 11.5 Å². The van der Waals surface area contributed by atoms with Crippen LogP contribution in [-0.4, -0.2) is 22.7 Å². The summed E-state index contributed by atoms with van der Waals surface area (Å²) < 4.78 is 10.4. The fourth-order valence-corrected chi connectivity index (χ4v) is 2.31. The van der Waals surface area contributed by atoms with Crippen molar-refractivity contribution in [3.05, 3.63) is 58.1 Å². The van der Waals surface area contributed by atoms with Crippen LogP contribution in [0.25, 0.3) is 0 Å². The number of carbonyl (C=O) groups excluding carboxylic acids is 1. The maximum atomic E-state index is 12.2. The smallest absolute Gasteiger partial charge is 0.292 e. The standard InChI is InChI=1S/C15H11N3O5S/c19-14(9-5-6-12-13(7-9)23-8-22-12)17-15(24)16-10-3-1-2-4-11(10)18(20)21/h1-7H,8H2,(H2,16,17,19,24). The molecular weight excluding hydrogens is 334 g/mol. The van der Waals surface area contributed by atoms with Crippen LogP contribution in [0, 0.1) is 10.1 Å². The molecule has 0 aromatic heterocycles. The molecule has 1 amide bonds. The molecule has 0 unspecified atom stereocenters. The predicted molar refractivity (Wildman–Crippen MR) is 89.3 cm³/mol. The lowest BCUT2D eigenvalue weighted by Gasteiger charge is -2.10. The number of nitrogens with one attached hydrogen (secondary N) is 2. The number of nitro benzene ring substituents is 1. The van der Waals surface area contributed by atoms with E-state index in [1.54, 1.807) is 18.2 Å². The predicted octanol–water partition coefficient (Wildman–Crippen LogP) is 2.45. The summed E-state index contributed by atoms with van der Waals surface area (Å²) in [6, 6.07) is 10.7. The van der Waals surface area contributed by atoms with E-state index in [0.29, 0.717) is 17.1 Å². The van der Waals surface area contributed by atoms with E-state index in [1.165, 1.54) is 24.3 Å². The molecule has 9 heteroatoms. The number of fused-ring (bicyclic) bond motifs is 1. The number of anilines is 1. The molecule has 1 heterocycles. The highest BCUT2D eigenvalue weighted by atomic mass is 32.1. The summed E-state index contributed by atoms with van der Waals surface area (Å²) in [6.07, 6.45) is 0. The second-order valence-electron chi connectivity index (χ2n) is 4.75. The highest BCUT2D eigenvalue weighted by Gasteiger charge is 2.18. The molecule has 2 N–H and O–H groups in total. The topological polar surface area (TPSA) is 103 Å². The van der Waals surface area contributed by atoms with Crippen LogP contribution in [0.15, 0.2) is 42.5 Å². The molecule has 0 saturated carbocycles. The Bertz CT molecular complexity index is 840. The van der Waals surface area contributed by atoms with Crippen LogP contribution in [0.1, 0.15) is 10.4 Å². The average Bonchev–Trinajstić information content (AvgIpc) is 3.02. The summed E-state index contributed by atoms with van der Waals surface area (Å²) in [5.74, 6) is 0.566. The van der Waals surface area contributed by atoms with Crippen molar-refractivity contribution in [3.63, 3.8) is 0 Å². The zero-order valence-electron chi connectivity index (χ0n) is 12.1. The zero-order valence-corrected chi connectivity index (χ0v) is 13.0. The molecular formula is C15H11N3O5S. The van der Waals surface area contributed by atoms with Gasteiger partial charge in [0.05, 0.1) is 4.92 Å². The third-order valence-electron chi connectivity index (χ3n) is 3.21. The van der Waals surface area contributed by atoms with Gasteiger partial charge in [-0.15, -0.1) is 0 Å². The van der Waals surface area contributed by atoms with Gasteiger partial charge < -0.3 is 14.8 Å². The van der Waals surface area contributed by atoms with Gasteiger partial charge >= 0.3 is 0 Å². The zero-order chi connectivity index (χ0) is 17.1. The maximum absolute atomic E-state index is 12.2. The lowest BCUT2D eigenvalue weighted by Crippen LogP contribution is -2.34. The number of hydrogen-bond acceptors (Lipinski definition) is 6. The van der Waals surface area contributed by atoms with Crippen LogP contribution in [0.2, 0.25) is 0 Å². The van der Waals surface area contributed by atoms with Crippen molar-refractivity contribution >= 4 is 34.6 Å². The van der Waals surface area contributed by atoms with Gasteiger partial charge in [-0.25, -0.2) is 0 Å². The number of ether oxygens (including phenoxy) is 2. The Hall–Kier alpha value is -3.20. The van der Waals surface area contributed by atoms with Crippen molar-refractivity contribution in [1.29, 1.82) is 0 Å². The fraction of sp³-hybridized carbons (Fsp3) is 0.0667. The first kappa shape index (κ1) is 15.7. The van der Waals surface area contributed by atoms with Crippen molar-refractivity contribution < 1.29 is 19.2 Å². The number of rotatable bonds is 3. The van der Waals surface area contributed by atoms with Gasteiger partial charge in [-0.05, 0) is 36.5 Å². The monoisotopic (exact) mass is 345 g/mol. The molecule has 24 heavy (non-hydrogen) atoms. The summed E-state index contributed by atoms with van der Waals surface area (Å²) in [7, 11) is 0. The number of para-hydroxylation sites is 2. The minimum atomic E-state index is -0.537. The normalized spacial score (nSPS) is 11.7. The summed E-state index contributed by atoms with van der Waals surface area (Å²) in [5, 5.41) is 16.0. The molecule has 0 radical (unpaired) electrons. The van der Waals surface area contributed by atoms with E-state index in [2.05, 4.69) is 10.6 Å². The lowest BCUT2D eigenvalue weighted by molar-refractivity contribution is -0.383. The van der Waals surface area contributed by atoms with E-state index in [0.717, 1.165) is 0 Å². The number of carbonyl (C=O) groups is 1. The molecule has 1 aliphatic rings. The Morgan fingerprint density at radius 2 is 1.92 bits per heavy atom. The minimum absolute atomic E-state index is 0.0491. The number of hydrogen-bond donors (Lipinski definition) is 2. The quantitative estimate of drug-likeness (QED) is 0.500. The van der Waals surface area contributed by atoms with Gasteiger partial charge in [-0.3, -0.25) is 20.2 Å². The van der Waals surface area contributed by atoms with Crippen molar-refractivity contribution in [2.24, 2.45) is 0 Å². The van der Waals surface area contributed by atoms with Crippen LogP contribution >= 0.6 is 12.2 Å². The van der Waals surface area contributed by atoms with Gasteiger partial charge in [-0.1, -0.05) is 12.1 Å². The van der Waals surface area contributed by atoms with E-state index < -0.39 is 10.8 Å². The molecule has 3 rings (SSSR count). The highest BCUT2D eigenvalue weighted by molar-refractivity contribution is 7.80. The van der Waals surface area contributed by atoms with Crippen molar-refractivity contribution in [2.75, 3.05) is 12.1 Å². The fourth-order valence-electron chi connectivity index (χ4n) is 2.11. The third kappa shape index (κ3) is 3.25. The van der Waals surface area contributed by atoms with Crippen LogP contribution in [-0.2, 0) is 0 Å². The van der Waals surface area contributed by atoms with Crippen molar-refractivity contribution in [1.82, 2.24) is 5.32 Å². The Kier molecular flexibility index (Phi) is 4.25. The molecule has 1 aliphatic heterocycles. The van der Waals surface area contributed by atoms with Crippen LogP contribution in [0.3, 0.4) is 0 Å². The molecule has 122 valence electrons. The number of thiocarbonyl (C=S) groups is 1. The van der Waals surface area contributed by atoms with Gasteiger partial charge in [0.2, 0.25) is 6.79 Å². The molecule has 8 nitrogen and oxygen atoms in total. The van der Waals surface area contributed by atoms with E-state index in [9.17, 15) is 14.9 Å².